The zero-order valence-corrected chi connectivity index (χ0v) is 9.65. The summed E-state index contributed by atoms with van der Waals surface area (Å²) in [6.07, 6.45) is 2.36. The highest BCUT2D eigenvalue weighted by Gasteiger charge is 2.21. The molecule has 0 saturated carbocycles. The Labute approximate surface area is 96.2 Å². The third-order valence-corrected chi connectivity index (χ3v) is 3.07. The molecule has 2 unspecified atom stereocenters. The van der Waals surface area contributed by atoms with Gasteiger partial charge in [-0.2, -0.15) is 0 Å². The second kappa shape index (κ2) is 4.85. The number of rotatable bonds is 4. The fraction of sp³-hybridized carbons (Fsp3) is 0.538. The largest absolute Gasteiger partial charge is 0.493 e. The molecule has 16 heavy (non-hydrogen) atoms. The molecule has 1 aromatic rings. The highest BCUT2D eigenvalue weighted by molar-refractivity contribution is 5.44. The van der Waals surface area contributed by atoms with E-state index in [0.717, 1.165) is 18.6 Å². The Balaban J connectivity index is 2.05. The second-order valence-corrected chi connectivity index (χ2v) is 4.46. The summed E-state index contributed by atoms with van der Waals surface area (Å²) in [6, 6.07) is 6.21. The fourth-order valence-corrected chi connectivity index (χ4v) is 2.13. The van der Waals surface area contributed by atoms with E-state index in [0.29, 0.717) is 13.0 Å². The lowest BCUT2D eigenvalue weighted by atomic mass is 10.1. The van der Waals surface area contributed by atoms with Crippen LogP contribution in [0.2, 0.25) is 0 Å². The van der Waals surface area contributed by atoms with Crippen LogP contribution in [0, 0.1) is 0 Å². The molecule has 0 bridgehead atoms. The fourth-order valence-electron chi connectivity index (χ4n) is 2.13. The minimum absolute atomic E-state index is 0.162. The summed E-state index contributed by atoms with van der Waals surface area (Å²) in [7, 11) is 0. The lowest BCUT2D eigenvalue weighted by Crippen LogP contribution is -2.09. The smallest absolute Gasteiger partial charge is 0.122 e. The van der Waals surface area contributed by atoms with Crippen molar-refractivity contribution >= 4 is 0 Å². The Morgan fingerprint density at radius 1 is 1.56 bits per heavy atom. The molecule has 0 heterocycles. The first-order chi connectivity index (χ1) is 7.68. The van der Waals surface area contributed by atoms with Crippen LogP contribution in [0.4, 0.5) is 0 Å². The third-order valence-electron chi connectivity index (χ3n) is 3.07. The van der Waals surface area contributed by atoms with Crippen LogP contribution in [0.15, 0.2) is 18.2 Å². The van der Waals surface area contributed by atoms with Gasteiger partial charge in [-0.25, -0.2) is 0 Å². The topological polar surface area (TPSA) is 55.5 Å². The van der Waals surface area contributed by atoms with E-state index in [1.807, 2.05) is 12.1 Å². The van der Waals surface area contributed by atoms with E-state index in [4.69, 9.17) is 15.6 Å². The van der Waals surface area contributed by atoms with Gasteiger partial charge >= 0.3 is 0 Å². The summed E-state index contributed by atoms with van der Waals surface area (Å²) in [4.78, 5) is 0. The standard InChI is InChI=1S/C13H19NO2/c1-9(15)7-8-16-13-4-2-3-10-11(13)5-6-12(10)14/h2-4,9,12,15H,5-8,14H2,1H3. The highest BCUT2D eigenvalue weighted by atomic mass is 16.5. The number of aliphatic hydroxyl groups excluding tert-OH is 1. The number of benzene rings is 1. The third kappa shape index (κ3) is 2.36. The molecule has 0 fully saturated rings. The van der Waals surface area contributed by atoms with Crippen LogP contribution >= 0.6 is 0 Å². The molecule has 1 aliphatic rings. The average Bonchev–Trinajstić information content (AvgIpc) is 2.61. The van der Waals surface area contributed by atoms with Gasteiger partial charge in [0.1, 0.15) is 5.75 Å². The molecule has 3 N–H and O–H groups in total. The maximum Gasteiger partial charge on any atom is 0.122 e. The quantitative estimate of drug-likeness (QED) is 0.815. The van der Waals surface area contributed by atoms with E-state index in [2.05, 4.69) is 6.07 Å². The summed E-state index contributed by atoms with van der Waals surface area (Å²) in [6.45, 7) is 2.33. The van der Waals surface area contributed by atoms with Crippen molar-refractivity contribution in [2.24, 2.45) is 5.73 Å². The Morgan fingerprint density at radius 2 is 2.38 bits per heavy atom. The molecule has 0 aromatic heterocycles. The summed E-state index contributed by atoms with van der Waals surface area (Å²) < 4.78 is 5.69. The average molecular weight is 221 g/mol. The Bertz CT molecular complexity index is 363. The van der Waals surface area contributed by atoms with Gasteiger partial charge in [-0.15, -0.1) is 0 Å². The molecular weight excluding hydrogens is 202 g/mol. The number of hydrogen-bond acceptors (Lipinski definition) is 3. The van der Waals surface area contributed by atoms with Crippen LogP contribution in [-0.4, -0.2) is 17.8 Å². The first-order valence-corrected chi connectivity index (χ1v) is 5.86. The summed E-state index contributed by atoms with van der Waals surface area (Å²) >= 11 is 0. The van der Waals surface area contributed by atoms with Crippen LogP contribution < -0.4 is 10.5 Å². The number of ether oxygens (including phenoxy) is 1. The maximum atomic E-state index is 9.17. The van der Waals surface area contributed by atoms with Gasteiger partial charge < -0.3 is 15.6 Å². The van der Waals surface area contributed by atoms with Crippen LogP contribution in [0.1, 0.15) is 36.9 Å². The molecule has 0 saturated heterocycles. The van der Waals surface area contributed by atoms with Gasteiger partial charge in [0.25, 0.3) is 0 Å². The van der Waals surface area contributed by atoms with Crippen molar-refractivity contribution in [3.8, 4) is 5.75 Å². The van der Waals surface area contributed by atoms with Gasteiger partial charge in [0, 0.05) is 12.5 Å². The van der Waals surface area contributed by atoms with E-state index >= 15 is 0 Å². The molecule has 1 aromatic carbocycles. The first-order valence-electron chi connectivity index (χ1n) is 5.86. The normalized spacial score (nSPS) is 20.6. The maximum absolute atomic E-state index is 9.17. The molecule has 2 atom stereocenters. The van der Waals surface area contributed by atoms with Crippen molar-refractivity contribution in [3.63, 3.8) is 0 Å². The molecule has 3 heteroatoms. The van der Waals surface area contributed by atoms with E-state index in [1.165, 1.54) is 11.1 Å². The van der Waals surface area contributed by atoms with Crippen LogP contribution in [0.3, 0.4) is 0 Å². The lowest BCUT2D eigenvalue weighted by molar-refractivity contribution is 0.155. The predicted molar refractivity (Wildman–Crippen MR) is 63.5 cm³/mol. The Kier molecular flexibility index (Phi) is 3.46. The van der Waals surface area contributed by atoms with E-state index < -0.39 is 0 Å². The molecule has 0 radical (unpaired) electrons. The molecule has 0 amide bonds. The zero-order valence-electron chi connectivity index (χ0n) is 9.65. The monoisotopic (exact) mass is 221 g/mol. The molecule has 88 valence electrons. The van der Waals surface area contributed by atoms with Crippen molar-refractivity contribution in [3.05, 3.63) is 29.3 Å². The predicted octanol–water partition coefficient (Wildman–Crippen LogP) is 1.78. The van der Waals surface area contributed by atoms with Crippen molar-refractivity contribution in [1.29, 1.82) is 0 Å². The van der Waals surface area contributed by atoms with Crippen molar-refractivity contribution in [1.82, 2.24) is 0 Å². The van der Waals surface area contributed by atoms with Crippen LogP contribution in [0.25, 0.3) is 0 Å². The van der Waals surface area contributed by atoms with Crippen LogP contribution in [0.5, 0.6) is 5.75 Å². The number of aliphatic hydroxyl groups is 1. The van der Waals surface area contributed by atoms with E-state index in [-0.39, 0.29) is 12.1 Å². The molecule has 0 aliphatic heterocycles. The number of hydrogen-bond donors (Lipinski definition) is 2. The summed E-state index contributed by atoms with van der Waals surface area (Å²) in [5, 5.41) is 9.17. The molecule has 2 rings (SSSR count). The summed E-state index contributed by atoms with van der Waals surface area (Å²) in [5.74, 6) is 0.936. The SMILES string of the molecule is CC(O)CCOc1cccc2c1CCC2N. The Morgan fingerprint density at radius 3 is 3.12 bits per heavy atom. The minimum atomic E-state index is -0.306. The molecule has 1 aliphatic carbocycles. The zero-order chi connectivity index (χ0) is 11.5. The van der Waals surface area contributed by atoms with Gasteiger partial charge in [0.05, 0.1) is 12.7 Å². The lowest BCUT2D eigenvalue weighted by Gasteiger charge is -2.12. The van der Waals surface area contributed by atoms with Crippen molar-refractivity contribution < 1.29 is 9.84 Å². The first kappa shape index (κ1) is 11.4. The van der Waals surface area contributed by atoms with E-state index in [1.54, 1.807) is 6.92 Å². The molecule has 0 spiro atoms. The number of nitrogens with two attached hydrogens (primary N) is 1. The second-order valence-electron chi connectivity index (χ2n) is 4.46. The Hall–Kier alpha value is -1.06. The summed E-state index contributed by atoms with van der Waals surface area (Å²) in [5.41, 5.74) is 8.46. The number of fused-ring (bicyclic) bond motifs is 1. The molecule has 3 nitrogen and oxygen atoms in total. The van der Waals surface area contributed by atoms with Gasteiger partial charge in [-0.1, -0.05) is 12.1 Å². The van der Waals surface area contributed by atoms with Gasteiger partial charge in [0.15, 0.2) is 0 Å². The van der Waals surface area contributed by atoms with Crippen molar-refractivity contribution in [2.75, 3.05) is 6.61 Å². The molecular formula is C13H19NO2. The minimum Gasteiger partial charge on any atom is -0.493 e. The van der Waals surface area contributed by atoms with Gasteiger partial charge in [-0.05, 0) is 37.0 Å². The van der Waals surface area contributed by atoms with E-state index in [9.17, 15) is 0 Å². The van der Waals surface area contributed by atoms with Crippen molar-refractivity contribution in [2.45, 2.75) is 38.3 Å². The van der Waals surface area contributed by atoms with Gasteiger partial charge in [-0.3, -0.25) is 0 Å². The van der Waals surface area contributed by atoms with Crippen LogP contribution in [-0.2, 0) is 6.42 Å². The van der Waals surface area contributed by atoms with Gasteiger partial charge in [0.2, 0.25) is 0 Å². The highest BCUT2D eigenvalue weighted by Crippen LogP contribution is 2.35.